The van der Waals surface area contributed by atoms with Gasteiger partial charge in [-0.05, 0) is 26.2 Å². The SMILES string of the molecule is CCCCCCOC(C)COCCCC=C(C#N)C(=O)O. The second kappa shape index (κ2) is 13.6. The molecular formula is C16H27NO4. The molecule has 0 aliphatic carbocycles. The number of unbranched alkanes of at least 4 members (excludes halogenated alkanes) is 4. The quantitative estimate of drug-likeness (QED) is 0.320. The fourth-order valence-electron chi connectivity index (χ4n) is 1.72. The van der Waals surface area contributed by atoms with Gasteiger partial charge < -0.3 is 14.6 Å². The Balaban J connectivity index is 3.50. The van der Waals surface area contributed by atoms with E-state index in [0.717, 1.165) is 13.0 Å². The van der Waals surface area contributed by atoms with E-state index < -0.39 is 5.97 Å². The van der Waals surface area contributed by atoms with Crippen LogP contribution >= 0.6 is 0 Å². The fourth-order valence-corrected chi connectivity index (χ4v) is 1.72. The lowest BCUT2D eigenvalue weighted by molar-refractivity contribution is -0.132. The molecule has 0 rings (SSSR count). The number of carbonyl (C=O) groups is 1. The minimum Gasteiger partial charge on any atom is -0.477 e. The van der Waals surface area contributed by atoms with Crippen LogP contribution in [0.5, 0.6) is 0 Å². The lowest BCUT2D eigenvalue weighted by Gasteiger charge is -2.13. The molecule has 120 valence electrons. The van der Waals surface area contributed by atoms with Gasteiger partial charge >= 0.3 is 5.97 Å². The van der Waals surface area contributed by atoms with Gasteiger partial charge in [-0.1, -0.05) is 32.3 Å². The minimum absolute atomic E-state index is 0.0795. The van der Waals surface area contributed by atoms with Gasteiger partial charge in [0.05, 0.1) is 12.7 Å². The topological polar surface area (TPSA) is 79.5 Å². The number of rotatable bonds is 13. The zero-order valence-electron chi connectivity index (χ0n) is 13.1. The molecule has 5 nitrogen and oxygen atoms in total. The Morgan fingerprint density at radius 1 is 1.29 bits per heavy atom. The maximum Gasteiger partial charge on any atom is 0.346 e. The summed E-state index contributed by atoms with van der Waals surface area (Å²) in [6.07, 6.45) is 7.51. The molecule has 1 atom stereocenters. The highest BCUT2D eigenvalue weighted by atomic mass is 16.5. The summed E-state index contributed by atoms with van der Waals surface area (Å²) < 4.78 is 11.1. The van der Waals surface area contributed by atoms with Crippen molar-refractivity contribution < 1.29 is 19.4 Å². The molecule has 0 saturated heterocycles. The summed E-state index contributed by atoms with van der Waals surface area (Å²) in [6.45, 7) is 6.03. The van der Waals surface area contributed by atoms with Gasteiger partial charge in [0, 0.05) is 13.2 Å². The smallest absolute Gasteiger partial charge is 0.346 e. The van der Waals surface area contributed by atoms with Crippen LogP contribution < -0.4 is 0 Å². The maximum atomic E-state index is 10.6. The van der Waals surface area contributed by atoms with Crippen molar-refractivity contribution >= 4 is 5.97 Å². The predicted octanol–water partition coefficient (Wildman–Crippen LogP) is 3.30. The molecule has 0 bridgehead atoms. The maximum absolute atomic E-state index is 10.6. The van der Waals surface area contributed by atoms with E-state index in [1.807, 2.05) is 6.92 Å². The van der Waals surface area contributed by atoms with Crippen LogP contribution in [-0.4, -0.2) is 37.0 Å². The van der Waals surface area contributed by atoms with E-state index in [1.54, 1.807) is 6.07 Å². The Bertz CT molecular complexity index is 347. The zero-order valence-corrected chi connectivity index (χ0v) is 13.1. The second-order valence-corrected chi connectivity index (χ2v) is 4.99. The lowest BCUT2D eigenvalue weighted by Crippen LogP contribution is -2.17. The van der Waals surface area contributed by atoms with Crippen molar-refractivity contribution in [3.8, 4) is 6.07 Å². The molecule has 0 aromatic rings. The third kappa shape index (κ3) is 12.1. The Morgan fingerprint density at radius 2 is 2.05 bits per heavy atom. The van der Waals surface area contributed by atoms with E-state index in [1.165, 1.54) is 25.3 Å². The van der Waals surface area contributed by atoms with Crippen LogP contribution in [-0.2, 0) is 14.3 Å². The molecule has 1 N–H and O–H groups in total. The van der Waals surface area contributed by atoms with Crippen LogP contribution in [0, 0.1) is 11.3 Å². The van der Waals surface area contributed by atoms with Crippen LogP contribution in [0.25, 0.3) is 0 Å². The molecule has 0 radical (unpaired) electrons. The molecule has 5 heteroatoms. The van der Waals surface area contributed by atoms with Crippen LogP contribution in [0.3, 0.4) is 0 Å². The average Bonchev–Trinajstić information content (AvgIpc) is 2.46. The van der Waals surface area contributed by atoms with Gasteiger partial charge in [0.25, 0.3) is 0 Å². The van der Waals surface area contributed by atoms with E-state index >= 15 is 0 Å². The summed E-state index contributed by atoms with van der Waals surface area (Å²) in [7, 11) is 0. The van der Waals surface area contributed by atoms with E-state index in [4.69, 9.17) is 19.8 Å². The van der Waals surface area contributed by atoms with Crippen LogP contribution in [0.4, 0.5) is 0 Å². The van der Waals surface area contributed by atoms with Crippen molar-refractivity contribution in [2.24, 2.45) is 0 Å². The minimum atomic E-state index is -1.18. The number of nitrogens with zero attached hydrogens (tertiary/aromatic N) is 1. The first-order valence-corrected chi connectivity index (χ1v) is 7.64. The van der Waals surface area contributed by atoms with Gasteiger partial charge in [-0.25, -0.2) is 4.79 Å². The summed E-state index contributed by atoms with van der Waals surface area (Å²) in [5, 5.41) is 17.2. The predicted molar refractivity (Wildman–Crippen MR) is 80.9 cm³/mol. The molecule has 0 aromatic carbocycles. The standard InChI is InChI=1S/C16H27NO4/c1-3-4-5-7-11-21-14(2)13-20-10-8-6-9-15(12-17)16(18)19/h9,14H,3-8,10-11,13H2,1-2H3,(H,18,19). The van der Waals surface area contributed by atoms with Gasteiger partial charge in [0.2, 0.25) is 0 Å². The van der Waals surface area contributed by atoms with E-state index in [-0.39, 0.29) is 11.7 Å². The molecule has 0 heterocycles. The van der Waals surface area contributed by atoms with Gasteiger partial charge in [-0.15, -0.1) is 0 Å². The first-order valence-electron chi connectivity index (χ1n) is 7.64. The molecule has 0 fully saturated rings. The van der Waals surface area contributed by atoms with Crippen molar-refractivity contribution in [1.29, 1.82) is 5.26 Å². The van der Waals surface area contributed by atoms with Crippen molar-refractivity contribution in [2.45, 2.75) is 58.5 Å². The van der Waals surface area contributed by atoms with Crippen molar-refractivity contribution in [3.63, 3.8) is 0 Å². The largest absolute Gasteiger partial charge is 0.477 e. The normalized spacial score (nSPS) is 12.9. The zero-order chi connectivity index (χ0) is 15.9. The Hall–Kier alpha value is -1.38. The molecule has 0 spiro atoms. The van der Waals surface area contributed by atoms with Crippen LogP contribution in [0.15, 0.2) is 11.6 Å². The highest BCUT2D eigenvalue weighted by Crippen LogP contribution is 2.02. The van der Waals surface area contributed by atoms with Gasteiger partial charge in [0.15, 0.2) is 0 Å². The van der Waals surface area contributed by atoms with E-state index in [9.17, 15) is 4.79 Å². The Labute approximate surface area is 127 Å². The van der Waals surface area contributed by atoms with E-state index in [0.29, 0.717) is 26.1 Å². The van der Waals surface area contributed by atoms with E-state index in [2.05, 4.69) is 6.92 Å². The number of allylic oxidation sites excluding steroid dienone is 1. The third-order valence-corrected chi connectivity index (χ3v) is 2.94. The number of carboxylic acid groups (broad SMARTS) is 1. The number of aliphatic carboxylic acids is 1. The van der Waals surface area contributed by atoms with Crippen molar-refractivity contribution in [2.75, 3.05) is 19.8 Å². The number of ether oxygens (including phenoxy) is 2. The number of nitriles is 1. The first kappa shape index (κ1) is 19.6. The molecule has 0 saturated carbocycles. The number of carboxylic acids is 1. The Morgan fingerprint density at radius 3 is 2.67 bits per heavy atom. The molecule has 1 unspecified atom stereocenters. The molecule has 0 aliphatic heterocycles. The second-order valence-electron chi connectivity index (χ2n) is 4.99. The van der Waals surface area contributed by atoms with Crippen LogP contribution in [0.2, 0.25) is 0 Å². The molecule has 21 heavy (non-hydrogen) atoms. The summed E-state index contributed by atoms with van der Waals surface area (Å²) in [4.78, 5) is 10.6. The highest BCUT2D eigenvalue weighted by molar-refractivity contribution is 5.90. The summed E-state index contributed by atoms with van der Waals surface area (Å²) in [6, 6.07) is 1.65. The highest BCUT2D eigenvalue weighted by Gasteiger charge is 2.04. The van der Waals surface area contributed by atoms with Crippen molar-refractivity contribution in [1.82, 2.24) is 0 Å². The van der Waals surface area contributed by atoms with Gasteiger partial charge in [-0.2, -0.15) is 5.26 Å². The molecule has 0 aliphatic rings. The number of hydrogen-bond acceptors (Lipinski definition) is 4. The summed E-state index contributed by atoms with van der Waals surface area (Å²) in [5.74, 6) is -1.18. The van der Waals surface area contributed by atoms with Gasteiger partial charge in [-0.3, -0.25) is 0 Å². The monoisotopic (exact) mass is 297 g/mol. The molecular weight excluding hydrogens is 270 g/mol. The van der Waals surface area contributed by atoms with Gasteiger partial charge in [0.1, 0.15) is 11.6 Å². The average molecular weight is 297 g/mol. The van der Waals surface area contributed by atoms with Crippen LogP contribution in [0.1, 0.15) is 52.4 Å². The third-order valence-electron chi connectivity index (χ3n) is 2.94. The van der Waals surface area contributed by atoms with Crippen molar-refractivity contribution in [3.05, 3.63) is 11.6 Å². The lowest BCUT2D eigenvalue weighted by atomic mass is 10.2. The molecule has 0 aromatic heterocycles. The first-order chi connectivity index (χ1) is 10.1. The fraction of sp³-hybridized carbons (Fsp3) is 0.750. The Kier molecular flexibility index (Phi) is 12.7. The summed E-state index contributed by atoms with van der Waals surface area (Å²) in [5.41, 5.74) is -0.209. The summed E-state index contributed by atoms with van der Waals surface area (Å²) >= 11 is 0. The number of hydrogen-bond donors (Lipinski definition) is 1. The molecule has 0 amide bonds.